The van der Waals surface area contributed by atoms with Crippen LogP contribution in [0.4, 0.5) is 11.4 Å². The second-order valence-electron chi connectivity index (χ2n) is 5.63. The van der Waals surface area contributed by atoms with Crippen LogP contribution >= 0.6 is 12.2 Å². The van der Waals surface area contributed by atoms with E-state index >= 15 is 0 Å². The zero-order valence-corrected chi connectivity index (χ0v) is 15.7. The molecule has 5 N–H and O–H groups in total. The van der Waals surface area contributed by atoms with Crippen molar-refractivity contribution >= 4 is 40.4 Å². The summed E-state index contributed by atoms with van der Waals surface area (Å²) in [5, 5.41) is 14.0. The Hall–Kier alpha value is -2.93. The molecule has 0 saturated heterocycles. The van der Waals surface area contributed by atoms with Crippen molar-refractivity contribution in [2.24, 2.45) is 5.73 Å². The Bertz CT molecular complexity index is 817. The van der Waals surface area contributed by atoms with Crippen LogP contribution in [0.2, 0.25) is 0 Å². The monoisotopic (exact) mass is 369 g/mol. The summed E-state index contributed by atoms with van der Waals surface area (Å²) in [4.78, 5) is 14.2. The van der Waals surface area contributed by atoms with E-state index in [1.54, 1.807) is 35.2 Å². The van der Waals surface area contributed by atoms with Gasteiger partial charge in [0.2, 0.25) is 0 Å². The summed E-state index contributed by atoms with van der Waals surface area (Å²) in [6.45, 7) is 5.24. The molecule has 0 atom stereocenters. The molecule has 0 aliphatic heterocycles. The zero-order chi connectivity index (χ0) is 19.1. The van der Waals surface area contributed by atoms with Gasteiger partial charge in [0.15, 0.2) is 5.11 Å². The van der Waals surface area contributed by atoms with E-state index in [1.165, 1.54) is 0 Å². The summed E-state index contributed by atoms with van der Waals surface area (Å²) in [6.07, 6.45) is 0. The highest BCUT2D eigenvalue weighted by molar-refractivity contribution is 7.80. The molecule has 26 heavy (non-hydrogen) atoms. The number of thiocarbonyl (C=S) groups is 1. The first kappa shape index (κ1) is 19.4. The maximum Gasteiger partial charge on any atom is 0.253 e. The van der Waals surface area contributed by atoms with Gasteiger partial charge in [-0.15, -0.1) is 0 Å². The van der Waals surface area contributed by atoms with Crippen molar-refractivity contribution in [3.05, 3.63) is 59.7 Å². The zero-order valence-electron chi connectivity index (χ0n) is 14.9. The van der Waals surface area contributed by atoms with Gasteiger partial charge >= 0.3 is 0 Å². The number of carbonyl (C=O) groups is 1. The molecule has 7 heteroatoms. The summed E-state index contributed by atoms with van der Waals surface area (Å²) >= 11 is 5.33. The predicted molar refractivity (Wildman–Crippen MR) is 111 cm³/mol. The Balaban J connectivity index is 2.08. The molecule has 0 fully saturated rings. The van der Waals surface area contributed by atoms with E-state index < -0.39 is 0 Å². The molecular formula is C19H23N5OS. The maximum atomic E-state index is 12.5. The fraction of sp³-hybridized carbons (Fsp3) is 0.211. The van der Waals surface area contributed by atoms with Gasteiger partial charge in [-0.2, -0.15) is 0 Å². The second-order valence-corrected chi connectivity index (χ2v) is 6.04. The van der Waals surface area contributed by atoms with Crippen molar-refractivity contribution in [1.82, 2.24) is 4.90 Å². The minimum absolute atomic E-state index is 0.00450. The van der Waals surface area contributed by atoms with E-state index in [2.05, 4.69) is 10.6 Å². The summed E-state index contributed by atoms with van der Waals surface area (Å²) in [5.74, 6) is -0.0122. The Labute approximate surface area is 158 Å². The highest BCUT2D eigenvalue weighted by atomic mass is 32.1. The van der Waals surface area contributed by atoms with Crippen molar-refractivity contribution in [3.63, 3.8) is 0 Å². The van der Waals surface area contributed by atoms with Crippen LogP contribution in [0.1, 0.15) is 29.8 Å². The second kappa shape index (κ2) is 8.96. The van der Waals surface area contributed by atoms with Gasteiger partial charge in [-0.3, -0.25) is 10.2 Å². The SMILES string of the molecule is CCN(CC)C(=O)c1cccc(NC(=S)Nc2cccc(C(=N)N)c2)c1. The first-order chi connectivity index (χ1) is 12.4. The van der Waals surface area contributed by atoms with Crippen molar-refractivity contribution in [1.29, 1.82) is 5.41 Å². The highest BCUT2D eigenvalue weighted by Gasteiger charge is 2.12. The van der Waals surface area contributed by atoms with Crippen LogP contribution in [0.5, 0.6) is 0 Å². The van der Waals surface area contributed by atoms with Crippen molar-refractivity contribution in [3.8, 4) is 0 Å². The van der Waals surface area contributed by atoms with E-state index in [4.69, 9.17) is 23.4 Å². The molecule has 0 radical (unpaired) electrons. The fourth-order valence-corrected chi connectivity index (χ4v) is 2.72. The predicted octanol–water partition coefficient (Wildman–Crippen LogP) is 3.26. The lowest BCUT2D eigenvalue weighted by molar-refractivity contribution is 0.0773. The number of carbonyl (C=O) groups excluding carboxylic acids is 1. The lowest BCUT2D eigenvalue weighted by Crippen LogP contribution is -2.30. The van der Waals surface area contributed by atoms with E-state index in [0.717, 1.165) is 11.4 Å². The summed E-state index contributed by atoms with van der Waals surface area (Å²) in [7, 11) is 0. The lowest BCUT2D eigenvalue weighted by atomic mass is 10.1. The van der Waals surface area contributed by atoms with Crippen molar-refractivity contribution in [2.75, 3.05) is 23.7 Å². The van der Waals surface area contributed by atoms with Crippen LogP contribution in [0, 0.1) is 5.41 Å². The molecule has 0 aliphatic rings. The molecule has 0 saturated carbocycles. The molecule has 0 aliphatic carbocycles. The van der Waals surface area contributed by atoms with Crippen LogP contribution in [-0.2, 0) is 0 Å². The summed E-state index contributed by atoms with van der Waals surface area (Å²) < 4.78 is 0. The molecule has 2 aromatic carbocycles. The first-order valence-electron chi connectivity index (χ1n) is 8.36. The Morgan fingerprint density at radius 3 is 2.04 bits per heavy atom. The van der Waals surface area contributed by atoms with E-state index in [-0.39, 0.29) is 11.7 Å². The molecule has 0 spiro atoms. The van der Waals surface area contributed by atoms with Crippen molar-refractivity contribution < 1.29 is 4.79 Å². The first-order valence-corrected chi connectivity index (χ1v) is 8.77. The van der Waals surface area contributed by atoms with Gasteiger partial charge in [0, 0.05) is 35.6 Å². The average molecular weight is 369 g/mol. The molecule has 0 heterocycles. The number of amides is 1. The van der Waals surface area contributed by atoms with E-state index in [9.17, 15) is 4.79 Å². The molecule has 136 valence electrons. The molecule has 1 amide bonds. The van der Waals surface area contributed by atoms with Gasteiger partial charge in [-0.1, -0.05) is 18.2 Å². The lowest BCUT2D eigenvalue weighted by Gasteiger charge is -2.19. The van der Waals surface area contributed by atoms with Gasteiger partial charge in [-0.25, -0.2) is 0 Å². The molecule has 2 aromatic rings. The van der Waals surface area contributed by atoms with Crippen LogP contribution in [-0.4, -0.2) is 34.8 Å². The molecule has 0 aromatic heterocycles. The highest BCUT2D eigenvalue weighted by Crippen LogP contribution is 2.15. The number of rotatable bonds is 6. The Morgan fingerprint density at radius 2 is 1.54 bits per heavy atom. The molecular weight excluding hydrogens is 346 g/mol. The third-order valence-corrected chi connectivity index (χ3v) is 4.05. The van der Waals surface area contributed by atoms with Gasteiger partial charge in [-0.05, 0) is 56.4 Å². The quantitative estimate of drug-likeness (QED) is 0.356. The number of anilines is 2. The van der Waals surface area contributed by atoms with Gasteiger partial charge < -0.3 is 21.3 Å². The number of nitrogens with two attached hydrogens (primary N) is 1. The van der Waals surface area contributed by atoms with Gasteiger partial charge in [0.25, 0.3) is 5.91 Å². The minimum Gasteiger partial charge on any atom is -0.384 e. The van der Waals surface area contributed by atoms with Crippen LogP contribution in [0.3, 0.4) is 0 Å². The van der Waals surface area contributed by atoms with Crippen LogP contribution < -0.4 is 16.4 Å². The number of amidine groups is 1. The number of nitrogens with one attached hydrogen (secondary N) is 3. The largest absolute Gasteiger partial charge is 0.384 e. The topological polar surface area (TPSA) is 94.2 Å². The molecule has 0 unspecified atom stereocenters. The number of hydrogen-bond acceptors (Lipinski definition) is 3. The Kier molecular flexibility index (Phi) is 6.68. The standard InChI is InChI=1S/C19H23N5OS/c1-3-24(4-2)18(25)14-8-6-10-16(12-14)23-19(26)22-15-9-5-7-13(11-15)17(20)21/h5-12H,3-4H2,1-2H3,(H3,20,21)(H2,22,23,26). The van der Waals surface area contributed by atoms with Crippen LogP contribution in [0.15, 0.2) is 48.5 Å². The van der Waals surface area contributed by atoms with Crippen molar-refractivity contribution in [2.45, 2.75) is 13.8 Å². The fourth-order valence-electron chi connectivity index (χ4n) is 2.48. The number of nitrogen functional groups attached to an aromatic ring is 1. The maximum absolute atomic E-state index is 12.5. The Morgan fingerprint density at radius 1 is 1.04 bits per heavy atom. The summed E-state index contributed by atoms with van der Waals surface area (Å²) in [5.41, 5.74) is 8.18. The smallest absolute Gasteiger partial charge is 0.253 e. The minimum atomic E-state index is -0.00770. The number of nitrogens with zero attached hydrogens (tertiary/aromatic N) is 1. The number of benzene rings is 2. The number of hydrogen-bond donors (Lipinski definition) is 4. The molecule has 6 nitrogen and oxygen atoms in total. The van der Waals surface area contributed by atoms with Gasteiger partial charge in [0.05, 0.1) is 0 Å². The molecule has 0 bridgehead atoms. The third kappa shape index (κ3) is 5.03. The van der Waals surface area contributed by atoms with Gasteiger partial charge in [0.1, 0.15) is 5.84 Å². The summed E-state index contributed by atoms with van der Waals surface area (Å²) in [6, 6.07) is 14.4. The van der Waals surface area contributed by atoms with E-state index in [0.29, 0.717) is 29.3 Å². The third-order valence-electron chi connectivity index (χ3n) is 3.85. The normalized spacial score (nSPS) is 10.1. The molecule has 2 rings (SSSR count). The van der Waals surface area contributed by atoms with E-state index in [1.807, 2.05) is 32.0 Å². The van der Waals surface area contributed by atoms with Crippen LogP contribution in [0.25, 0.3) is 0 Å². The average Bonchev–Trinajstić information content (AvgIpc) is 2.63.